The number of rotatable bonds is 8. The van der Waals surface area contributed by atoms with Crippen molar-refractivity contribution in [2.75, 3.05) is 0 Å². The van der Waals surface area contributed by atoms with E-state index in [2.05, 4.69) is 0 Å². The van der Waals surface area contributed by atoms with Gasteiger partial charge in [0, 0.05) is 12.8 Å². The second kappa shape index (κ2) is 10.1. The van der Waals surface area contributed by atoms with E-state index in [0.717, 1.165) is 0 Å². The topological polar surface area (TPSA) is 51.2 Å². The number of ketones is 3. The molecule has 0 bridgehead atoms. The summed E-state index contributed by atoms with van der Waals surface area (Å²) in [6, 6.07) is 0. The summed E-state index contributed by atoms with van der Waals surface area (Å²) >= 11 is 0. The van der Waals surface area contributed by atoms with Gasteiger partial charge < -0.3 is 0 Å². The number of carbonyl (C=O) groups excluding carboxylic acids is 3. The summed E-state index contributed by atoms with van der Waals surface area (Å²) in [5, 5.41) is 0. The zero-order valence-electron chi connectivity index (χ0n) is 10.8. The highest BCUT2D eigenvalue weighted by Gasteiger charge is 1.93. The molecular formula is C15H18O3. The van der Waals surface area contributed by atoms with E-state index in [1.165, 1.54) is 26.0 Å². The minimum absolute atomic E-state index is 0.0221. The molecule has 96 valence electrons. The molecule has 0 fully saturated rings. The first kappa shape index (κ1) is 16.0. The summed E-state index contributed by atoms with van der Waals surface area (Å²) in [6.45, 7) is 2.93. The average Bonchev–Trinajstić information content (AvgIpc) is 2.27. The number of Topliss-reactive ketones (excluding diaryl/α,β-unsaturated/α-hetero) is 1. The first-order valence-electron chi connectivity index (χ1n) is 5.71. The standard InChI is InChI=1S/C15H18O3/c1-13(16)9-5-3-7-11-15(18)12-8-4-6-10-14(2)17/h3-10H,11-12H2,1-2H3/b7-3+,8-4+,9-5+,10-6+. The Bertz CT molecular complexity index is 371. The predicted molar refractivity (Wildman–Crippen MR) is 72.2 cm³/mol. The first-order valence-corrected chi connectivity index (χ1v) is 5.71. The zero-order chi connectivity index (χ0) is 13.8. The van der Waals surface area contributed by atoms with Gasteiger partial charge in [0.05, 0.1) is 0 Å². The Morgan fingerprint density at radius 2 is 1.11 bits per heavy atom. The van der Waals surface area contributed by atoms with Crippen LogP contribution in [-0.2, 0) is 14.4 Å². The lowest BCUT2D eigenvalue weighted by molar-refractivity contribution is -0.117. The summed E-state index contributed by atoms with van der Waals surface area (Å²) in [5.74, 6) is 0.0345. The van der Waals surface area contributed by atoms with Gasteiger partial charge in [0.25, 0.3) is 0 Å². The van der Waals surface area contributed by atoms with E-state index in [1.807, 2.05) is 0 Å². The molecule has 0 aliphatic heterocycles. The van der Waals surface area contributed by atoms with Crippen molar-refractivity contribution in [2.24, 2.45) is 0 Å². The molecule has 18 heavy (non-hydrogen) atoms. The Balaban J connectivity index is 3.85. The van der Waals surface area contributed by atoms with Crippen LogP contribution in [0.15, 0.2) is 48.6 Å². The van der Waals surface area contributed by atoms with Crippen molar-refractivity contribution in [3.8, 4) is 0 Å². The van der Waals surface area contributed by atoms with E-state index < -0.39 is 0 Å². The largest absolute Gasteiger partial charge is 0.299 e. The van der Waals surface area contributed by atoms with Crippen LogP contribution in [0.1, 0.15) is 26.7 Å². The van der Waals surface area contributed by atoms with Gasteiger partial charge in [-0.3, -0.25) is 14.4 Å². The molecule has 0 saturated carbocycles. The third-order valence-electron chi connectivity index (χ3n) is 1.85. The second-order valence-corrected chi connectivity index (χ2v) is 3.74. The van der Waals surface area contributed by atoms with Crippen molar-refractivity contribution in [3.63, 3.8) is 0 Å². The van der Waals surface area contributed by atoms with Gasteiger partial charge in [-0.2, -0.15) is 0 Å². The quantitative estimate of drug-likeness (QED) is 0.489. The molecule has 0 amide bonds. The van der Waals surface area contributed by atoms with E-state index >= 15 is 0 Å². The van der Waals surface area contributed by atoms with Crippen LogP contribution >= 0.6 is 0 Å². The Hall–Kier alpha value is -2.03. The first-order chi connectivity index (χ1) is 8.52. The highest BCUT2D eigenvalue weighted by Crippen LogP contribution is 1.94. The molecular weight excluding hydrogens is 228 g/mol. The molecule has 0 aliphatic carbocycles. The fourth-order valence-electron chi connectivity index (χ4n) is 1.02. The molecule has 0 aromatic heterocycles. The molecule has 0 spiro atoms. The summed E-state index contributed by atoms with van der Waals surface area (Å²) in [5.41, 5.74) is 0. The summed E-state index contributed by atoms with van der Waals surface area (Å²) < 4.78 is 0. The molecule has 0 aromatic carbocycles. The van der Waals surface area contributed by atoms with Crippen LogP contribution in [-0.4, -0.2) is 17.3 Å². The van der Waals surface area contributed by atoms with Crippen molar-refractivity contribution in [2.45, 2.75) is 26.7 Å². The lowest BCUT2D eigenvalue weighted by Crippen LogP contribution is -1.91. The van der Waals surface area contributed by atoms with Gasteiger partial charge in [0.15, 0.2) is 11.6 Å². The van der Waals surface area contributed by atoms with E-state index in [9.17, 15) is 14.4 Å². The van der Waals surface area contributed by atoms with Crippen LogP contribution in [0.3, 0.4) is 0 Å². The summed E-state index contributed by atoms with van der Waals surface area (Å²) in [4.78, 5) is 32.5. The predicted octanol–water partition coefficient (Wildman–Crippen LogP) is 2.74. The van der Waals surface area contributed by atoms with Crippen LogP contribution in [0, 0.1) is 0 Å². The summed E-state index contributed by atoms with van der Waals surface area (Å²) in [7, 11) is 0. The Morgan fingerprint density at radius 3 is 1.44 bits per heavy atom. The highest BCUT2D eigenvalue weighted by molar-refractivity contribution is 5.88. The molecule has 0 heterocycles. The third kappa shape index (κ3) is 12.0. The molecule has 3 heteroatoms. The molecule has 0 radical (unpaired) electrons. The molecule has 3 nitrogen and oxygen atoms in total. The van der Waals surface area contributed by atoms with Crippen molar-refractivity contribution in [3.05, 3.63) is 48.6 Å². The zero-order valence-corrected chi connectivity index (χ0v) is 10.8. The minimum atomic E-state index is -0.0221. The van der Waals surface area contributed by atoms with Gasteiger partial charge in [-0.1, -0.05) is 36.5 Å². The smallest absolute Gasteiger partial charge is 0.152 e. The van der Waals surface area contributed by atoms with Gasteiger partial charge in [-0.15, -0.1) is 0 Å². The maximum absolute atomic E-state index is 11.4. The number of hydrogen-bond acceptors (Lipinski definition) is 3. The minimum Gasteiger partial charge on any atom is -0.299 e. The number of allylic oxidation sites excluding steroid dienone is 8. The van der Waals surface area contributed by atoms with Crippen LogP contribution in [0.25, 0.3) is 0 Å². The van der Waals surface area contributed by atoms with Crippen molar-refractivity contribution in [1.29, 1.82) is 0 Å². The van der Waals surface area contributed by atoms with E-state index in [4.69, 9.17) is 0 Å². The SMILES string of the molecule is CC(=O)/C=C/C=C/CC(=O)C/C=C/C=C/C(C)=O. The lowest BCUT2D eigenvalue weighted by atomic mass is 10.2. The second-order valence-electron chi connectivity index (χ2n) is 3.74. The lowest BCUT2D eigenvalue weighted by Gasteiger charge is -1.89. The van der Waals surface area contributed by atoms with Crippen LogP contribution < -0.4 is 0 Å². The fraction of sp³-hybridized carbons (Fsp3) is 0.267. The number of carbonyl (C=O) groups is 3. The molecule has 0 saturated heterocycles. The summed E-state index contributed by atoms with van der Waals surface area (Å²) in [6.07, 6.45) is 13.5. The van der Waals surface area contributed by atoms with Crippen molar-refractivity contribution >= 4 is 17.3 Å². The highest BCUT2D eigenvalue weighted by atomic mass is 16.1. The average molecular weight is 246 g/mol. The van der Waals surface area contributed by atoms with Crippen LogP contribution in [0.5, 0.6) is 0 Å². The third-order valence-corrected chi connectivity index (χ3v) is 1.85. The van der Waals surface area contributed by atoms with Crippen LogP contribution in [0.4, 0.5) is 0 Å². The van der Waals surface area contributed by atoms with Gasteiger partial charge >= 0.3 is 0 Å². The monoisotopic (exact) mass is 246 g/mol. The van der Waals surface area contributed by atoms with Gasteiger partial charge in [-0.25, -0.2) is 0 Å². The van der Waals surface area contributed by atoms with Crippen molar-refractivity contribution < 1.29 is 14.4 Å². The molecule has 0 aliphatic rings. The van der Waals surface area contributed by atoms with E-state index in [1.54, 1.807) is 36.5 Å². The Kier molecular flexibility index (Phi) is 9.00. The van der Waals surface area contributed by atoms with Crippen LogP contribution in [0.2, 0.25) is 0 Å². The molecule has 0 rings (SSSR count). The maximum atomic E-state index is 11.4. The Morgan fingerprint density at radius 1 is 0.722 bits per heavy atom. The normalized spacial score (nSPS) is 12.1. The van der Waals surface area contributed by atoms with Crippen molar-refractivity contribution in [1.82, 2.24) is 0 Å². The van der Waals surface area contributed by atoms with Gasteiger partial charge in [0.2, 0.25) is 0 Å². The maximum Gasteiger partial charge on any atom is 0.152 e. The molecule has 0 N–H and O–H groups in total. The van der Waals surface area contributed by atoms with Gasteiger partial charge in [0.1, 0.15) is 5.78 Å². The van der Waals surface area contributed by atoms with E-state index in [-0.39, 0.29) is 17.3 Å². The number of hydrogen-bond donors (Lipinski definition) is 0. The van der Waals surface area contributed by atoms with Gasteiger partial charge in [-0.05, 0) is 26.0 Å². The van der Waals surface area contributed by atoms with E-state index in [0.29, 0.717) is 12.8 Å². The molecule has 0 aromatic rings. The molecule has 0 atom stereocenters. The molecule has 0 unspecified atom stereocenters. The fourth-order valence-corrected chi connectivity index (χ4v) is 1.02. The Labute approximate surface area is 108 Å².